The van der Waals surface area contributed by atoms with Crippen molar-refractivity contribution in [2.75, 3.05) is 11.9 Å². The second-order valence-corrected chi connectivity index (χ2v) is 6.44. The Bertz CT molecular complexity index is 601. The van der Waals surface area contributed by atoms with Crippen molar-refractivity contribution < 1.29 is 9.53 Å². The number of aliphatic imine (C=N–C) groups is 1. The summed E-state index contributed by atoms with van der Waals surface area (Å²) < 4.78 is 5.67. The highest BCUT2D eigenvalue weighted by Gasteiger charge is 2.29. The normalized spacial score (nSPS) is 16.9. The first kappa shape index (κ1) is 15.3. The molecular formula is C17H22N2O2. The topological polar surface area (TPSA) is 50.7 Å². The predicted molar refractivity (Wildman–Crippen MR) is 85.6 cm³/mol. The van der Waals surface area contributed by atoms with E-state index in [9.17, 15) is 4.79 Å². The van der Waals surface area contributed by atoms with Gasteiger partial charge < -0.3 is 10.1 Å². The third-order valence-corrected chi connectivity index (χ3v) is 3.47. The number of hydrogen-bond acceptors (Lipinski definition) is 3. The van der Waals surface area contributed by atoms with Crippen LogP contribution in [0.5, 0.6) is 0 Å². The molecule has 0 spiro atoms. The summed E-state index contributed by atoms with van der Waals surface area (Å²) in [6.07, 6.45) is 1.64. The molecule has 0 radical (unpaired) electrons. The van der Waals surface area contributed by atoms with E-state index in [4.69, 9.17) is 4.74 Å². The van der Waals surface area contributed by atoms with Gasteiger partial charge >= 0.3 is 0 Å². The minimum atomic E-state index is -0.634. The first-order chi connectivity index (χ1) is 9.75. The van der Waals surface area contributed by atoms with Gasteiger partial charge in [-0.2, -0.15) is 0 Å². The van der Waals surface area contributed by atoms with Crippen LogP contribution in [-0.2, 0) is 9.53 Å². The molecule has 0 aliphatic carbocycles. The molecule has 0 unspecified atom stereocenters. The van der Waals surface area contributed by atoms with Gasteiger partial charge in [0.25, 0.3) is 0 Å². The third kappa shape index (κ3) is 3.32. The number of carbonyl (C=O) groups is 1. The van der Waals surface area contributed by atoms with Crippen LogP contribution in [0.15, 0.2) is 41.9 Å². The zero-order chi connectivity index (χ0) is 15.7. The third-order valence-electron chi connectivity index (χ3n) is 3.47. The number of carbonyl (C=O) groups excluding carboxylic acids is 1. The minimum absolute atomic E-state index is 0.109. The zero-order valence-electron chi connectivity index (χ0n) is 13.1. The van der Waals surface area contributed by atoms with Crippen molar-refractivity contribution in [2.24, 2.45) is 10.4 Å². The fourth-order valence-corrected chi connectivity index (χ4v) is 1.88. The van der Waals surface area contributed by atoms with Crippen molar-refractivity contribution in [2.45, 2.75) is 33.2 Å². The Morgan fingerprint density at radius 3 is 2.67 bits per heavy atom. The van der Waals surface area contributed by atoms with Gasteiger partial charge in [-0.15, -0.1) is 6.58 Å². The maximum Gasteiger partial charge on any atom is 0.233 e. The molecule has 1 heterocycles. The van der Waals surface area contributed by atoms with Crippen molar-refractivity contribution in [3.63, 3.8) is 0 Å². The number of ether oxygens (including phenoxy) is 1. The maximum atomic E-state index is 12.3. The van der Waals surface area contributed by atoms with Gasteiger partial charge in [-0.25, -0.2) is 4.99 Å². The molecule has 0 aromatic heterocycles. The molecule has 1 aromatic rings. The van der Waals surface area contributed by atoms with Gasteiger partial charge in [0.05, 0.1) is 22.2 Å². The summed E-state index contributed by atoms with van der Waals surface area (Å²) in [5, 5.41) is 2.93. The van der Waals surface area contributed by atoms with Crippen LogP contribution in [0.25, 0.3) is 0 Å². The lowest BCUT2D eigenvalue weighted by Gasteiger charge is -2.20. The summed E-state index contributed by atoms with van der Waals surface area (Å²) in [5.41, 5.74) is 0.641. The van der Waals surface area contributed by atoms with Crippen LogP contribution in [0, 0.1) is 5.41 Å². The SMILES string of the molecule is C=CC(C)(C)C(=O)Nc1ccccc1C1=NC(C)(C)CO1. The van der Waals surface area contributed by atoms with Gasteiger partial charge in [-0.1, -0.05) is 18.2 Å². The number of para-hydroxylation sites is 1. The molecule has 1 amide bonds. The average molecular weight is 286 g/mol. The second kappa shape index (κ2) is 5.35. The van der Waals surface area contributed by atoms with E-state index in [1.807, 2.05) is 52.0 Å². The number of nitrogens with zero attached hydrogens (tertiary/aromatic N) is 1. The van der Waals surface area contributed by atoms with E-state index in [0.29, 0.717) is 18.2 Å². The van der Waals surface area contributed by atoms with Crippen molar-refractivity contribution in [3.05, 3.63) is 42.5 Å². The molecule has 1 N–H and O–H groups in total. The summed E-state index contributed by atoms with van der Waals surface area (Å²) in [6.45, 7) is 11.9. The standard InChI is InChI=1S/C17H22N2O2/c1-6-16(2,3)15(20)18-13-10-8-7-9-12(13)14-19-17(4,5)11-21-14/h6-10H,1,11H2,2-5H3,(H,18,20). The fraction of sp³-hybridized carbons (Fsp3) is 0.412. The molecule has 0 fully saturated rings. The molecule has 0 bridgehead atoms. The van der Waals surface area contributed by atoms with Crippen LogP contribution in [0.3, 0.4) is 0 Å². The van der Waals surface area contributed by atoms with Crippen molar-refractivity contribution >= 4 is 17.5 Å². The van der Waals surface area contributed by atoms with Gasteiger partial charge in [-0.05, 0) is 39.8 Å². The lowest BCUT2D eigenvalue weighted by atomic mass is 9.92. The van der Waals surface area contributed by atoms with Crippen LogP contribution in [0.2, 0.25) is 0 Å². The second-order valence-electron chi connectivity index (χ2n) is 6.44. The molecule has 112 valence electrons. The first-order valence-corrected chi connectivity index (χ1v) is 7.02. The average Bonchev–Trinajstić information content (AvgIpc) is 2.79. The van der Waals surface area contributed by atoms with Gasteiger partial charge in [0.15, 0.2) is 0 Å². The molecule has 0 atom stereocenters. The van der Waals surface area contributed by atoms with Crippen LogP contribution >= 0.6 is 0 Å². The van der Waals surface area contributed by atoms with Crippen LogP contribution < -0.4 is 5.32 Å². The number of nitrogens with one attached hydrogen (secondary N) is 1. The molecular weight excluding hydrogens is 264 g/mol. The molecule has 4 heteroatoms. The molecule has 2 rings (SSSR count). The van der Waals surface area contributed by atoms with Crippen LogP contribution in [0.4, 0.5) is 5.69 Å². The Kier molecular flexibility index (Phi) is 3.90. The van der Waals surface area contributed by atoms with E-state index < -0.39 is 5.41 Å². The number of rotatable bonds is 4. The van der Waals surface area contributed by atoms with E-state index in [-0.39, 0.29) is 11.4 Å². The van der Waals surface area contributed by atoms with E-state index in [2.05, 4.69) is 16.9 Å². The van der Waals surface area contributed by atoms with E-state index in [1.54, 1.807) is 6.08 Å². The van der Waals surface area contributed by atoms with E-state index in [1.165, 1.54) is 0 Å². The highest BCUT2D eigenvalue weighted by atomic mass is 16.5. The number of hydrogen-bond donors (Lipinski definition) is 1. The lowest BCUT2D eigenvalue weighted by molar-refractivity contribution is -0.121. The molecule has 1 aromatic carbocycles. The van der Waals surface area contributed by atoms with Crippen molar-refractivity contribution in [1.82, 2.24) is 0 Å². The Labute approximate surface area is 125 Å². The monoisotopic (exact) mass is 286 g/mol. The van der Waals surface area contributed by atoms with Gasteiger partial charge in [0.2, 0.25) is 11.8 Å². The van der Waals surface area contributed by atoms with Crippen molar-refractivity contribution in [3.8, 4) is 0 Å². The largest absolute Gasteiger partial charge is 0.475 e. The molecule has 1 aliphatic rings. The molecule has 21 heavy (non-hydrogen) atoms. The lowest BCUT2D eigenvalue weighted by Crippen LogP contribution is -2.29. The van der Waals surface area contributed by atoms with Gasteiger partial charge in [0.1, 0.15) is 6.61 Å². The smallest absolute Gasteiger partial charge is 0.233 e. The van der Waals surface area contributed by atoms with Crippen LogP contribution in [0.1, 0.15) is 33.3 Å². The molecule has 0 saturated carbocycles. The number of amides is 1. The number of benzene rings is 1. The maximum absolute atomic E-state index is 12.3. The van der Waals surface area contributed by atoms with E-state index in [0.717, 1.165) is 5.56 Å². The summed E-state index contributed by atoms with van der Waals surface area (Å²) in [5.74, 6) is 0.468. The Hall–Kier alpha value is -2.10. The molecule has 0 saturated heterocycles. The molecule has 1 aliphatic heterocycles. The quantitative estimate of drug-likeness (QED) is 0.862. The summed E-state index contributed by atoms with van der Waals surface area (Å²) in [4.78, 5) is 16.9. The summed E-state index contributed by atoms with van der Waals surface area (Å²) in [7, 11) is 0. The Balaban J connectivity index is 2.31. The van der Waals surface area contributed by atoms with E-state index >= 15 is 0 Å². The predicted octanol–water partition coefficient (Wildman–Crippen LogP) is 3.39. The van der Waals surface area contributed by atoms with Gasteiger partial charge in [0, 0.05) is 0 Å². The fourth-order valence-electron chi connectivity index (χ4n) is 1.88. The highest BCUT2D eigenvalue weighted by molar-refractivity contribution is 6.05. The summed E-state index contributed by atoms with van der Waals surface area (Å²) >= 11 is 0. The molecule has 4 nitrogen and oxygen atoms in total. The van der Waals surface area contributed by atoms with Gasteiger partial charge in [-0.3, -0.25) is 4.79 Å². The minimum Gasteiger partial charge on any atom is -0.475 e. The summed E-state index contributed by atoms with van der Waals surface area (Å²) in [6, 6.07) is 7.53. The number of anilines is 1. The van der Waals surface area contributed by atoms with Crippen molar-refractivity contribution in [1.29, 1.82) is 0 Å². The Morgan fingerprint density at radius 1 is 1.43 bits per heavy atom. The zero-order valence-corrected chi connectivity index (χ0v) is 13.1. The Morgan fingerprint density at radius 2 is 2.10 bits per heavy atom. The van der Waals surface area contributed by atoms with Crippen LogP contribution in [-0.4, -0.2) is 24.0 Å². The first-order valence-electron chi connectivity index (χ1n) is 7.02. The highest BCUT2D eigenvalue weighted by Crippen LogP contribution is 2.26.